The van der Waals surface area contributed by atoms with Crippen molar-refractivity contribution in [2.45, 2.75) is 31.9 Å². The van der Waals surface area contributed by atoms with E-state index in [9.17, 15) is 9.59 Å². The minimum Gasteiger partial charge on any atom is -0.489 e. The minimum atomic E-state index is -0.993. The van der Waals surface area contributed by atoms with E-state index in [4.69, 9.17) is 10.5 Å². The van der Waals surface area contributed by atoms with Crippen molar-refractivity contribution in [3.8, 4) is 5.75 Å². The maximum Gasteiger partial charge on any atom is 0.231 e. The molecule has 0 saturated heterocycles. The lowest BCUT2D eigenvalue weighted by atomic mass is 9.91. The molecule has 4 aromatic rings. The normalized spacial score (nSPS) is 18.7. The average Bonchev–Trinajstić information content (AvgIpc) is 3.64. The van der Waals surface area contributed by atoms with Gasteiger partial charge in [0.25, 0.3) is 0 Å². The lowest BCUT2D eigenvalue weighted by Gasteiger charge is -2.19. The van der Waals surface area contributed by atoms with Gasteiger partial charge in [0.2, 0.25) is 11.8 Å². The summed E-state index contributed by atoms with van der Waals surface area (Å²) in [5.74, 6) is -0.640. The number of carbonyl (C=O) groups is 2. The van der Waals surface area contributed by atoms with Crippen LogP contribution in [0.3, 0.4) is 0 Å². The number of nitrogens with two attached hydrogens (primary N) is 1. The molecule has 5 rings (SSSR count). The molecule has 2 atom stereocenters. The number of aromatic nitrogens is 2. The monoisotopic (exact) mass is 466 g/mol. The van der Waals surface area contributed by atoms with Crippen molar-refractivity contribution in [2.75, 3.05) is 0 Å². The highest BCUT2D eigenvalue weighted by Crippen LogP contribution is 2.55. The zero-order valence-electron chi connectivity index (χ0n) is 19.4. The van der Waals surface area contributed by atoms with Crippen LogP contribution >= 0.6 is 0 Å². The Hall–Kier alpha value is -4.26. The Morgan fingerprint density at radius 1 is 1.11 bits per heavy atom. The van der Waals surface area contributed by atoms with E-state index in [1.54, 1.807) is 12.4 Å². The summed E-state index contributed by atoms with van der Waals surface area (Å²) in [5, 5.41) is 3.99. The number of fused-ring (bicyclic) bond motifs is 1. The predicted octanol–water partition coefficient (Wildman–Crippen LogP) is 3.58. The number of primary amides is 1. The number of rotatable bonds is 8. The molecule has 1 saturated carbocycles. The van der Waals surface area contributed by atoms with Gasteiger partial charge in [-0.1, -0.05) is 36.4 Å². The molecule has 1 aliphatic carbocycles. The zero-order valence-corrected chi connectivity index (χ0v) is 19.4. The van der Waals surface area contributed by atoms with Crippen molar-refractivity contribution in [1.82, 2.24) is 15.3 Å². The number of nitrogens with zero attached hydrogens (tertiary/aromatic N) is 2. The van der Waals surface area contributed by atoms with Crippen molar-refractivity contribution in [2.24, 2.45) is 11.7 Å². The molecule has 3 N–H and O–H groups in total. The smallest absolute Gasteiger partial charge is 0.231 e. The third-order valence-electron chi connectivity index (χ3n) is 6.56. The van der Waals surface area contributed by atoms with Gasteiger partial charge in [0.1, 0.15) is 12.4 Å². The Kier molecular flexibility index (Phi) is 5.91. The number of carbonyl (C=O) groups excluding carboxylic acids is 2. The first-order chi connectivity index (χ1) is 17.0. The van der Waals surface area contributed by atoms with Gasteiger partial charge in [0.05, 0.1) is 16.8 Å². The number of amides is 2. The molecule has 0 aliphatic heterocycles. The van der Waals surface area contributed by atoms with Gasteiger partial charge in [0, 0.05) is 35.6 Å². The van der Waals surface area contributed by atoms with Gasteiger partial charge in [-0.25, -0.2) is 0 Å². The lowest BCUT2D eigenvalue weighted by Crippen LogP contribution is -2.38. The molecule has 7 heteroatoms. The summed E-state index contributed by atoms with van der Waals surface area (Å²) in [6, 6.07) is 21.1. The molecule has 2 amide bonds. The lowest BCUT2D eigenvalue weighted by molar-refractivity contribution is -0.127. The van der Waals surface area contributed by atoms with Crippen LogP contribution < -0.4 is 15.8 Å². The fraction of sp³-hybridized carbons (Fsp3) is 0.214. The van der Waals surface area contributed by atoms with Crippen molar-refractivity contribution in [1.29, 1.82) is 0 Å². The Balaban J connectivity index is 1.37. The summed E-state index contributed by atoms with van der Waals surface area (Å²) < 4.78 is 6.14. The van der Waals surface area contributed by atoms with Crippen molar-refractivity contribution in [3.63, 3.8) is 0 Å². The van der Waals surface area contributed by atoms with E-state index < -0.39 is 17.2 Å². The van der Waals surface area contributed by atoms with E-state index in [1.165, 1.54) is 0 Å². The average molecular weight is 467 g/mol. The van der Waals surface area contributed by atoms with Crippen LogP contribution in [0.1, 0.15) is 28.8 Å². The highest BCUT2D eigenvalue weighted by Gasteiger charge is 2.64. The third kappa shape index (κ3) is 4.45. The van der Waals surface area contributed by atoms with Gasteiger partial charge in [-0.2, -0.15) is 0 Å². The number of para-hydroxylation sites is 1. The largest absolute Gasteiger partial charge is 0.489 e. The molecule has 176 valence electrons. The summed E-state index contributed by atoms with van der Waals surface area (Å²) in [5.41, 5.74) is 9.11. The fourth-order valence-electron chi connectivity index (χ4n) is 4.69. The molecule has 0 unspecified atom stereocenters. The molecule has 35 heavy (non-hydrogen) atoms. The number of hydrogen-bond acceptors (Lipinski definition) is 5. The van der Waals surface area contributed by atoms with Crippen LogP contribution in [-0.4, -0.2) is 21.8 Å². The Bertz CT molecular complexity index is 1410. The maximum absolute atomic E-state index is 13.3. The molecule has 2 heterocycles. The third-order valence-corrected chi connectivity index (χ3v) is 6.56. The summed E-state index contributed by atoms with van der Waals surface area (Å²) in [4.78, 5) is 34.0. The van der Waals surface area contributed by atoms with Crippen LogP contribution in [0.2, 0.25) is 0 Å². The summed E-state index contributed by atoms with van der Waals surface area (Å²) in [6.45, 7) is 2.64. The Labute approximate surface area is 203 Å². The second-order valence-corrected chi connectivity index (χ2v) is 8.93. The van der Waals surface area contributed by atoms with Crippen molar-refractivity contribution < 1.29 is 14.3 Å². The summed E-state index contributed by atoms with van der Waals surface area (Å²) in [7, 11) is 0. The number of nitrogens with one attached hydrogen (secondary N) is 1. The first-order valence-electron chi connectivity index (χ1n) is 11.5. The van der Waals surface area contributed by atoms with E-state index in [0.717, 1.165) is 33.3 Å². The van der Waals surface area contributed by atoms with Crippen LogP contribution in [0.15, 0.2) is 79.1 Å². The van der Waals surface area contributed by atoms with Gasteiger partial charge in [-0.05, 0) is 54.8 Å². The number of aryl methyl sites for hydroxylation is 1. The first-order valence-corrected chi connectivity index (χ1v) is 11.5. The van der Waals surface area contributed by atoms with Gasteiger partial charge >= 0.3 is 0 Å². The second kappa shape index (κ2) is 9.18. The Morgan fingerprint density at radius 3 is 2.74 bits per heavy atom. The zero-order chi connectivity index (χ0) is 24.4. The predicted molar refractivity (Wildman–Crippen MR) is 132 cm³/mol. The summed E-state index contributed by atoms with van der Waals surface area (Å²) in [6.07, 6.45) is 3.75. The van der Waals surface area contributed by atoms with Gasteiger partial charge < -0.3 is 15.8 Å². The van der Waals surface area contributed by atoms with Crippen LogP contribution in [-0.2, 0) is 28.2 Å². The van der Waals surface area contributed by atoms with Gasteiger partial charge in [-0.15, -0.1) is 0 Å². The Morgan fingerprint density at radius 2 is 1.97 bits per heavy atom. The van der Waals surface area contributed by atoms with Crippen molar-refractivity contribution >= 4 is 22.7 Å². The van der Waals surface area contributed by atoms with Gasteiger partial charge in [-0.3, -0.25) is 19.6 Å². The highest BCUT2D eigenvalue weighted by atomic mass is 16.5. The van der Waals surface area contributed by atoms with E-state index >= 15 is 0 Å². The molecule has 0 radical (unpaired) electrons. The van der Waals surface area contributed by atoms with Crippen molar-refractivity contribution in [3.05, 3.63) is 102 Å². The molecule has 7 nitrogen and oxygen atoms in total. The van der Waals surface area contributed by atoms with Crippen LogP contribution in [0.4, 0.5) is 0 Å². The number of benzene rings is 2. The number of hydrogen-bond donors (Lipinski definition) is 2. The summed E-state index contributed by atoms with van der Waals surface area (Å²) >= 11 is 0. The molecular weight excluding hydrogens is 440 g/mol. The molecular formula is C28H26N4O3. The van der Waals surface area contributed by atoms with E-state index in [-0.39, 0.29) is 5.91 Å². The minimum absolute atomic E-state index is 0.224. The second-order valence-electron chi connectivity index (χ2n) is 8.93. The first kappa shape index (κ1) is 22.5. The quantitative estimate of drug-likeness (QED) is 0.413. The van der Waals surface area contributed by atoms with Crippen LogP contribution in [0, 0.1) is 12.8 Å². The SMILES string of the molecule is Cc1cc(COc2cccc([C@@]3(C(=O)NCc4cccnc4)C[C@H]3C(N)=O)c2)c2ccccc2n1. The maximum atomic E-state index is 13.3. The highest BCUT2D eigenvalue weighted by molar-refractivity contribution is 6.00. The van der Waals surface area contributed by atoms with Crippen LogP contribution in [0.5, 0.6) is 5.75 Å². The van der Waals surface area contributed by atoms with E-state index in [1.807, 2.05) is 73.7 Å². The molecule has 0 spiro atoms. The molecule has 1 fully saturated rings. The number of pyridine rings is 2. The molecule has 2 aromatic heterocycles. The van der Waals surface area contributed by atoms with Crippen LogP contribution in [0.25, 0.3) is 10.9 Å². The van der Waals surface area contributed by atoms with E-state index in [0.29, 0.717) is 25.3 Å². The number of ether oxygens (including phenoxy) is 1. The molecule has 1 aliphatic rings. The fourth-order valence-corrected chi connectivity index (χ4v) is 4.69. The molecule has 2 aromatic carbocycles. The molecule has 0 bridgehead atoms. The van der Waals surface area contributed by atoms with Gasteiger partial charge in [0.15, 0.2) is 0 Å². The van der Waals surface area contributed by atoms with E-state index in [2.05, 4.69) is 15.3 Å². The topological polar surface area (TPSA) is 107 Å². The standard InChI is InChI=1S/C28H26N4O3/c1-18-12-20(23-9-2-3-10-25(23)32-18)17-35-22-8-4-7-21(13-22)28(14-24(28)26(29)33)27(34)31-16-19-6-5-11-30-15-19/h2-13,15,24H,14,16-17H2,1H3,(H2,29,33)(H,31,34)/t24-,28-/m0/s1.